The normalized spacial score (nSPS) is 13.9. The van der Waals surface area contributed by atoms with Crippen molar-refractivity contribution in [2.75, 3.05) is 25.7 Å². The summed E-state index contributed by atoms with van der Waals surface area (Å²) in [4.78, 5) is 24.6. The van der Waals surface area contributed by atoms with Crippen LogP contribution in [-0.2, 0) is 36.5 Å². The molecule has 0 amide bonds. The number of aromatic hydroxyl groups is 1. The zero-order valence-corrected chi connectivity index (χ0v) is 27.2. The van der Waals surface area contributed by atoms with E-state index in [2.05, 4.69) is 5.09 Å². The van der Waals surface area contributed by atoms with Crippen LogP contribution >= 0.6 is 7.29 Å². The Bertz CT molecular complexity index is 1440. The number of ether oxygens (including phenoxy) is 3. The van der Waals surface area contributed by atoms with Gasteiger partial charge in [0.25, 0.3) is 0 Å². The zero-order valence-electron chi connectivity index (χ0n) is 26.3. The first-order valence-electron chi connectivity index (χ1n) is 14.8. The van der Waals surface area contributed by atoms with Crippen LogP contribution in [-0.4, -0.2) is 48.8 Å². The van der Waals surface area contributed by atoms with E-state index in [1.165, 1.54) is 12.1 Å². The molecule has 10 heteroatoms. The summed E-state index contributed by atoms with van der Waals surface area (Å²) in [5.74, 6) is -1.28. The van der Waals surface area contributed by atoms with Crippen molar-refractivity contribution in [3.63, 3.8) is 0 Å². The molecule has 2 N–H and O–H groups in total. The minimum absolute atomic E-state index is 0.0489. The van der Waals surface area contributed by atoms with E-state index < -0.39 is 31.2 Å². The molecule has 44 heavy (non-hydrogen) atoms. The third-order valence-corrected chi connectivity index (χ3v) is 9.81. The summed E-state index contributed by atoms with van der Waals surface area (Å²) in [6, 6.07) is 14.6. The quantitative estimate of drug-likeness (QED) is 0.142. The van der Waals surface area contributed by atoms with Gasteiger partial charge in [0.1, 0.15) is 23.4 Å². The molecule has 0 aromatic heterocycles. The van der Waals surface area contributed by atoms with Gasteiger partial charge in [-0.1, -0.05) is 31.2 Å². The Morgan fingerprint density at radius 2 is 1.48 bits per heavy atom. The molecule has 0 spiro atoms. The van der Waals surface area contributed by atoms with Crippen LogP contribution < -0.4 is 9.82 Å². The number of hydrogen-bond acceptors (Lipinski definition) is 7. The topological polar surface area (TPSA) is 111 Å². The monoisotopic (exact) mass is 627 g/mol. The summed E-state index contributed by atoms with van der Waals surface area (Å²) < 4.78 is 43.5. The first-order valence-corrected chi connectivity index (χ1v) is 16.9. The lowest BCUT2D eigenvalue weighted by Gasteiger charge is -2.25. The molecule has 0 aliphatic heterocycles. The highest BCUT2D eigenvalue weighted by atomic mass is 31.2. The molecule has 3 aromatic carbocycles. The Morgan fingerprint density at radius 1 is 0.886 bits per heavy atom. The van der Waals surface area contributed by atoms with Crippen molar-refractivity contribution in [2.45, 2.75) is 60.4 Å². The molecule has 3 aromatic rings. The summed E-state index contributed by atoms with van der Waals surface area (Å²) >= 11 is 0. The number of hydrogen-bond donors (Lipinski definition) is 2. The highest BCUT2D eigenvalue weighted by Crippen LogP contribution is 2.44. The van der Waals surface area contributed by atoms with E-state index in [4.69, 9.17) is 14.2 Å². The number of rotatable bonds is 15. The minimum Gasteiger partial charge on any atom is -0.508 e. The van der Waals surface area contributed by atoms with Gasteiger partial charge in [-0.2, -0.15) is 0 Å². The van der Waals surface area contributed by atoms with Crippen molar-refractivity contribution in [3.05, 3.63) is 93.8 Å². The molecule has 0 aliphatic rings. The number of carbonyl (C=O) groups excluding carboxylic acids is 2. The summed E-state index contributed by atoms with van der Waals surface area (Å²) in [6.07, 6.45) is 0.807. The highest BCUT2D eigenvalue weighted by molar-refractivity contribution is 7.61. The van der Waals surface area contributed by atoms with Gasteiger partial charge in [0.05, 0.1) is 19.1 Å². The van der Waals surface area contributed by atoms with Crippen LogP contribution in [0.4, 0.5) is 4.39 Å². The van der Waals surface area contributed by atoms with Gasteiger partial charge < -0.3 is 23.9 Å². The molecule has 0 radical (unpaired) electrons. The maximum atomic E-state index is 14.0. The Balaban J connectivity index is 1.77. The average molecular weight is 628 g/mol. The van der Waals surface area contributed by atoms with Crippen LogP contribution in [0, 0.1) is 25.6 Å². The zero-order chi connectivity index (χ0) is 32.4. The van der Waals surface area contributed by atoms with E-state index in [0.717, 1.165) is 33.4 Å². The Labute approximate surface area is 259 Å². The number of phenolic OH excluding ortho intramolecular Hbond substituents is 1. The number of aryl methyl sites for hydroxylation is 2. The van der Waals surface area contributed by atoms with Crippen LogP contribution in [0.15, 0.2) is 54.6 Å². The molecule has 1 unspecified atom stereocenters. The molecule has 3 rings (SSSR count). The number of esters is 2. The highest BCUT2D eigenvalue weighted by Gasteiger charge is 2.33. The van der Waals surface area contributed by atoms with Crippen LogP contribution in [0.5, 0.6) is 11.5 Å². The molecule has 0 heterocycles. The smallest absolute Gasteiger partial charge is 0.323 e. The molecule has 0 bridgehead atoms. The van der Waals surface area contributed by atoms with Gasteiger partial charge in [0.2, 0.25) is 0 Å². The fourth-order valence-corrected chi connectivity index (χ4v) is 7.52. The Morgan fingerprint density at radius 3 is 2.09 bits per heavy atom. The number of phenols is 1. The van der Waals surface area contributed by atoms with E-state index in [1.54, 1.807) is 45.9 Å². The lowest BCUT2D eigenvalue weighted by molar-refractivity contribution is -0.146. The molecule has 3 atom stereocenters. The lowest BCUT2D eigenvalue weighted by atomic mass is 9.93. The number of nitrogens with one attached hydrogen (secondary N) is 1. The van der Waals surface area contributed by atoms with Gasteiger partial charge in [-0.3, -0.25) is 14.7 Å². The second-order valence-corrected chi connectivity index (χ2v) is 13.7. The summed E-state index contributed by atoms with van der Waals surface area (Å²) in [5, 5.41) is 13.3. The Kier molecular flexibility index (Phi) is 12.6. The molecule has 0 fully saturated rings. The average Bonchev–Trinajstić information content (AvgIpc) is 2.97. The summed E-state index contributed by atoms with van der Waals surface area (Å²) in [7, 11) is -3.41. The number of halogens is 1. The van der Waals surface area contributed by atoms with Gasteiger partial charge in [0.15, 0.2) is 13.6 Å². The van der Waals surface area contributed by atoms with Crippen molar-refractivity contribution in [1.29, 1.82) is 0 Å². The van der Waals surface area contributed by atoms with Gasteiger partial charge in [0, 0.05) is 12.6 Å². The largest absolute Gasteiger partial charge is 0.508 e. The van der Waals surface area contributed by atoms with Crippen molar-refractivity contribution in [2.24, 2.45) is 5.92 Å². The first kappa shape index (κ1) is 34.8. The molecule has 0 saturated heterocycles. The van der Waals surface area contributed by atoms with E-state index in [1.807, 2.05) is 38.1 Å². The SMILES string of the molecule is CCOC(=O)[C@H](C)CP(=O)(COc1cc(C)c(Cc2ccc(O)c(Cc3ccc(F)cc3)c2)c(C)c1)N[C@H](C)C(=O)OCC. The fourth-order valence-electron chi connectivity index (χ4n) is 5.03. The van der Waals surface area contributed by atoms with E-state index in [9.17, 15) is 23.7 Å². The Hall–Kier alpha value is -3.68. The maximum Gasteiger partial charge on any atom is 0.323 e. The summed E-state index contributed by atoms with van der Waals surface area (Å²) in [6.45, 7) is 10.9. The summed E-state index contributed by atoms with van der Waals surface area (Å²) in [5.41, 5.74) is 5.68. The minimum atomic E-state index is -3.41. The fraction of sp³-hybridized carbons (Fsp3) is 0.412. The first-order chi connectivity index (χ1) is 20.8. The van der Waals surface area contributed by atoms with Crippen molar-refractivity contribution in [1.82, 2.24) is 5.09 Å². The van der Waals surface area contributed by atoms with Crippen molar-refractivity contribution < 1.29 is 37.9 Å². The maximum absolute atomic E-state index is 14.0. The second kappa shape index (κ2) is 15.9. The van der Waals surface area contributed by atoms with Crippen molar-refractivity contribution >= 4 is 19.2 Å². The van der Waals surface area contributed by atoms with Gasteiger partial charge in [-0.15, -0.1) is 0 Å². The van der Waals surface area contributed by atoms with Gasteiger partial charge >= 0.3 is 11.9 Å². The standard InChI is InChI=1S/C34H43FNO7P/c1-7-41-33(38)24(5)20-44(40,36-25(6)34(39)42-8-2)21-43-30-15-22(3)31(23(4)16-30)19-27-11-14-32(37)28(18-27)17-26-9-12-29(35)13-10-26/h9-16,18,24-25,37H,7-8,17,19-21H2,1-6H3,(H,36,40)/t24-,25-,44?/m1/s1. The third kappa shape index (κ3) is 9.93. The lowest BCUT2D eigenvalue weighted by Crippen LogP contribution is -2.36. The van der Waals surface area contributed by atoms with Crippen LogP contribution in [0.3, 0.4) is 0 Å². The molecule has 0 saturated carbocycles. The van der Waals surface area contributed by atoms with Crippen LogP contribution in [0.25, 0.3) is 0 Å². The van der Waals surface area contributed by atoms with E-state index in [-0.39, 0.29) is 37.3 Å². The third-order valence-electron chi connectivity index (χ3n) is 7.27. The van der Waals surface area contributed by atoms with Crippen LogP contribution in [0.2, 0.25) is 0 Å². The number of carbonyl (C=O) groups is 2. The molecule has 8 nitrogen and oxygen atoms in total. The molecule has 238 valence electrons. The van der Waals surface area contributed by atoms with E-state index >= 15 is 0 Å². The molecular weight excluding hydrogens is 584 g/mol. The predicted molar refractivity (Wildman–Crippen MR) is 169 cm³/mol. The van der Waals surface area contributed by atoms with Crippen molar-refractivity contribution in [3.8, 4) is 11.5 Å². The predicted octanol–water partition coefficient (Wildman–Crippen LogP) is 6.68. The second-order valence-electron chi connectivity index (χ2n) is 11.1. The van der Waals surface area contributed by atoms with Gasteiger partial charge in [-0.05, 0) is 105 Å². The van der Waals surface area contributed by atoms with E-state index in [0.29, 0.717) is 18.6 Å². The molecular formula is C34H43FNO7P. The number of benzene rings is 3. The molecule has 0 aliphatic carbocycles. The van der Waals surface area contributed by atoms with Crippen LogP contribution in [0.1, 0.15) is 61.1 Å². The van der Waals surface area contributed by atoms with Gasteiger partial charge in [-0.25, -0.2) is 4.39 Å².